The normalized spacial score (nSPS) is 10.4. The zero-order chi connectivity index (χ0) is 19.9. The highest BCUT2D eigenvalue weighted by atomic mass is 35.5. The van der Waals surface area contributed by atoms with Gasteiger partial charge in [-0.15, -0.1) is 0 Å². The number of nitrogens with one attached hydrogen (secondary N) is 2. The van der Waals surface area contributed by atoms with Crippen LogP contribution in [0.4, 0.5) is 15.9 Å². The highest BCUT2D eigenvalue weighted by Gasteiger charge is 2.11. The van der Waals surface area contributed by atoms with E-state index >= 15 is 0 Å². The Morgan fingerprint density at radius 3 is 2.61 bits per heavy atom. The van der Waals surface area contributed by atoms with E-state index in [1.165, 1.54) is 25.4 Å². The van der Waals surface area contributed by atoms with Crippen LogP contribution in [0.15, 0.2) is 60.8 Å². The fourth-order valence-electron chi connectivity index (χ4n) is 2.59. The molecule has 0 aliphatic heterocycles. The lowest BCUT2D eigenvalue weighted by Crippen LogP contribution is -2.13. The third kappa shape index (κ3) is 5.20. The number of halogens is 2. The molecule has 2 N–H and O–H groups in total. The molecule has 28 heavy (non-hydrogen) atoms. The molecule has 1 aromatic heterocycles. The van der Waals surface area contributed by atoms with Crippen LogP contribution >= 0.6 is 11.6 Å². The van der Waals surface area contributed by atoms with Crippen LogP contribution in [-0.4, -0.2) is 24.5 Å². The number of hydrogen-bond donors (Lipinski definition) is 2. The Bertz CT molecular complexity index is 947. The van der Waals surface area contributed by atoms with E-state index in [-0.39, 0.29) is 11.7 Å². The number of ether oxygens (including phenoxy) is 1. The Hall–Kier alpha value is -3.12. The highest BCUT2D eigenvalue weighted by Crippen LogP contribution is 2.28. The minimum atomic E-state index is -0.314. The average Bonchev–Trinajstić information content (AvgIpc) is 2.70. The van der Waals surface area contributed by atoms with Gasteiger partial charge in [-0.25, -0.2) is 9.37 Å². The largest absolute Gasteiger partial charge is 0.495 e. The maximum Gasteiger partial charge on any atom is 0.257 e. The maximum atomic E-state index is 12.9. The minimum Gasteiger partial charge on any atom is -0.495 e. The predicted molar refractivity (Wildman–Crippen MR) is 109 cm³/mol. The quantitative estimate of drug-likeness (QED) is 0.599. The zero-order valence-electron chi connectivity index (χ0n) is 15.2. The molecule has 0 fully saturated rings. The van der Waals surface area contributed by atoms with E-state index < -0.39 is 0 Å². The molecular weight excluding hydrogens is 381 g/mol. The molecule has 0 saturated carbocycles. The summed E-state index contributed by atoms with van der Waals surface area (Å²) in [4.78, 5) is 16.7. The van der Waals surface area contributed by atoms with Gasteiger partial charge in [-0.05, 0) is 54.4 Å². The molecule has 0 saturated heterocycles. The molecule has 0 atom stereocenters. The summed E-state index contributed by atoms with van der Waals surface area (Å²) in [6.45, 7) is 0.643. The van der Waals surface area contributed by atoms with Crippen molar-refractivity contribution in [3.05, 3.63) is 82.8 Å². The molecule has 1 amide bonds. The second kappa shape index (κ2) is 9.19. The molecule has 144 valence electrons. The smallest absolute Gasteiger partial charge is 0.257 e. The van der Waals surface area contributed by atoms with Crippen molar-refractivity contribution >= 4 is 29.0 Å². The number of nitrogens with zero attached hydrogens (tertiary/aromatic N) is 1. The summed E-state index contributed by atoms with van der Waals surface area (Å²) in [5, 5.41) is 6.44. The van der Waals surface area contributed by atoms with Crippen LogP contribution in [0.1, 0.15) is 15.9 Å². The number of hydrogen-bond acceptors (Lipinski definition) is 4. The molecule has 0 bridgehead atoms. The first-order valence-corrected chi connectivity index (χ1v) is 9.02. The van der Waals surface area contributed by atoms with Gasteiger partial charge in [0.25, 0.3) is 5.91 Å². The fraction of sp³-hybridized carbons (Fsp3) is 0.143. The lowest BCUT2D eigenvalue weighted by Gasteiger charge is -2.11. The first-order valence-electron chi connectivity index (χ1n) is 8.64. The van der Waals surface area contributed by atoms with Crippen molar-refractivity contribution in [1.82, 2.24) is 4.98 Å². The van der Waals surface area contributed by atoms with Crippen molar-refractivity contribution in [3.63, 3.8) is 0 Å². The maximum absolute atomic E-state index is 12.9. The number of amides is 1. The number of pyridine rings is 1. The van der Waals surface area contributed by atoms with E-state index in [9.17, 15) is 9.18 Å². The van der Waals surface area contributed by atoms with Gasteiger partial charge in [0.05, 0.1) is 18.4 Å². The Morgan fingerprint density at radius 2 is 1.93 bits per heavy atom. The van der Waals surface area contributed by atoms with Crippen LogP contribution in [0.5, 0.6) is 5.75 Å². The van der Waals surface area contributed by atoms with Crippen molar-refractivity contribution in [2.24, 2.45) is 0 Å². The molecule has 7 heteroatoms. The molecule has 0 aliphatic rings. The van der Waals surface area contributed by atoms with Gasteiger partial charge in [0.2, 0.25) is 0 Å². The summed E-state index contributed by atoms with van der Waals surface area (Å²) in [6.07, 6.45) is 2.23. The molecule has 3 aromatic rings. The SMILES string of the molecule is COc1ccc(Cl)cc1NC(=O)c1ccc(NCCc2ccc(F)cc2)nc1. The highest BCUT2D eigenvalue weighted by molar-refractivity contribution is 6.31. The molecule has 3 rings (SSSR count). The summed E-state index contributed by atoms with van der Waals surface area (Å²) in [5.74, 6) is 0.609. The van der Waals surface area contributed by atoms with E-state index in [0.29, 0.717) is 34.4 Å². The third-order valence-corrected chi connectivity index (χ3v) is 4.30. The fourth-order valence-corrected chi connectivity index (χ4v) is 2.76. The lowest BCUT2D eigenvalue weighted by atomic mass is 10.1. The molecule has 5 nitrogen and oxygen atoms in total. The summed E-state index contributed by atoms with van der Waals surface area (Å²) in [6, 6.07) is 14.8. The minimum absolute atomic E-state index is 0.248. The Balaban J connectivity index is 1.57. The van der Waals surface area contributed by atoms with Gasteiger partial charge in [0.15, 0.2) is 0 Å². The third-order valence-electron chi connectivity index (χ3n) is 4.07. The van der Waals surface area contributed by atoms with Gasteiger partial charge >= 0.3 is 0 Å². The van der Waals surface area contributed by atoms with Crippen molar-refractivity contribution in [2.45, 2.75) is 6.42 Å². The van der Waals surface area contributed by atoms with Gasteiger partial charge in [0.1, 0.15) is 17.4 Å². The zero-order valence-corrected chi connectivity index (χ0v) is 16.0. The molecule has 0 aliphatic carbocycles. The number of carbonyl (C=O) groups is 1. The van der Waals surface area contributed by atoms with Crippen LogP contribution in [-0.2, 0) is 6.42 Å². The average molecular weight is 400 g/mol. The molecule has 0 unspecified atom stereocenters. The summed E-state index contributed by atoms with van der Waals surface area (Å²) >= 11 is 5.98. The van der Waals surface area contributed by atoms with Crippen LogP contribution in [0.2, 0.25) is 5.02 Å². The van der Waals surface area contributed by atoms with E-state index in [4.69, 9.17) is 16.3 Å². The summed E-state index contributed by atoms with van der Waals surface area (Å²) in [7, 11) is 1.52. The monoisotopic (exact) mass is 399 g/mol. The topological polar surface area (TPSA) is 63.2 Å². The summed E-state index contributed by atoms with van der Waals surface area (Å²) < 4.78 is 18.1. The predicted octanol–water partition coefficient (Wildman–Crippen LogP) is 4.79. The number of methoxy groups -OCH3 is 1. The van der Waals surface area contributed by atoms with E-state index in [1.807, 2.05) is 0 Å². The van der Waals surface area contributed by atoms with Crippen molar-refractivity contribution in [1.29, 1.82) is 0 Å². The van der Waals surface area contributed by atoms with Gasteiger partial charge in [-0.2, -0.15) is 0 Å². The standard InChI is InChI=1S/C21H19ClFN3O2/c1-28-19-8-5-16(22)12-18(19)26-21(27)15-4-9-20(25-13-15)24-11-10-14-2-6-17(23)7-3-14/h2-9,12-13H,10-11H2,1H3,(H,24,25)(H,26,27). The van der Waals surface area contributed by atoms with E-state index in [1.54, 1.807) is 42.5 Å². The lowest BCUT2D eigenvalue weighted by molar-refractivity contribution is 0.102. The van der Waals surface area contributed by atoms with Crippen molar-refractivity contribution in [3.8, 4) is 5.75 Å². The number of anilines is 2. The Morgan fingerprint density at radius 1 is 1.14 bits per heavy atom. The number of rotatable bonds is 7. The molecule has 2 aromatic carbocycles. The van der Waals surface area contributed by atoms with Gasteiger partial charge in [-0.3, -0.25) is 4.79 Å². The first kappa shape index (κ1) is 19.6. The second-order valence-electron chi connectivity index (χ2n) is 6.03. The van der Waals surface area contributed by atoms with Crippen LogP contribution in [0.3, 0.4) is 0 Å². The number of carbonyl (C=O) groups excluding carboxylic acids is 1. The van der Waals surface area contributed by atoms with Gasteiger partial charge < -0.3 is 15.4 Å². The molecule has 1 heterocycles. The van der Waals surface area contributed by atoms with Crippen LogP contribution in [0, 0.1) is 5.82 Å². The van der Waals surface area contributed by atoms with E-state index in [0.717, 1.165) is 12.0 Å². The van der Waals surface area contributed by atoms with Gasteiger partial charge in [-0.1, -0.05) is 23.7 Å². The Kier molecular flexibility index (Phi) is 6.45. The summed E-state index contributed by atoms with van der Waals surface area (Å²) in [5.41, 5.74) is 1.92. The number of benzene rings is 2. The molecular formula is C21H19ClFN3O2. The van der Waals surface area contributed by atoms with Gasteiger partial charge in [0, 0.05) is 17.8 Å². The van der Waals surface area contributed by atoms with Crippen molar-refractivity contribution in [2.75, 3.05) is 24.3 Å². The second-order valence-corrected chi connectivity index (χ2v) is 6.47. The first-order chi connectivity index (χ1) is 13.5. The Labute approximate surface area is 167 Å². The molecule has 0 radical (unpaired) electrons. The van der Waals surface area contributed by atoms with Crippen molar-refractivity contribution < 1.29 is 13.9 Å². The molecule has 0 spiro atoms. The van der Waals surface area contributed by atoms with Crippen LogP contribution < -0.4 is 15.4 Å². The van der Waals surface area contributed by atoms with Crippen LogP contribution in [0.25, 0.3) is 0 Å². The van der Waals surface area contributed by atoms with E-state index in [2.05, 4.69) is 15.6 Å². The number of aromatic nitrogens is 1.